The average Bonchev–Trinajstić information content (AvgIpc) is 3.87. The summed E-state index contributed by atoms with van der Waals surface area (Å²) < 4.78 is 73.7. The van der Waals surface area contributed by atoms with Crippen molar-refractivity contribution >= 4 is 43.9 Å². The van der Waals surface area contributed by atoms with Crippen molar-refractivity contribution in [3.63, 3.8) is 0 Å². The van der Waals surface area contributed by atoms with Gasteiger partial charge in [-0.1, -0.05) is 23.4 Å². The number of benzene rings is 3. The van der Waals surface area contributed by atoms with Crippen molar-refractivity contribution in [3.8, 4) is 23.0 Å². The zero-order chi connectivity index (χ0) is 38.1. The van der Waals surface area contributed by atoms with E-state index in [9.17, 15) is 0 Å². The van der Waals surface area contributed by atoms with Gasteiger partial charge in [-0.15, -0.1) is 0 Å². The summed E-state index contributed by atoms with van der Waals surface area (Å²) in [6, 6.07) is 16.1. The Morgan fingerprint density at radius 1 is 0.891 bits per heavy atom. The van der Waals surface area contributed by atoms with Gasteiger partial charge in [-0.05, 0) is 85.6 Å². The van der Waals surface area contributed by atoms with Crippen LogP contribution in [0.15, 0.2) is 70.1 Å². The van der Waals surface area contributed by atoms with Crippen molar-refractivity contribution in [2.45, 2.75) is 62.1 Å². The molecule has 2 fully saturated rings. The highest BCUT2D eigenvalue weighted by Gasteiger charge is 2.36. The summed E-state index contributed by atoms with van der Waals surface area (Å²) >= 11 is 0. The summed E-state index contributed by atoms with van der Waals surface area (Å²) in [7, 11) is 1.56. The van der Waals surface area contributed by atoms with Gasteiger partial charge in [0.1, 0.15) is 23.0 Å². The second-order valence-corrected chi connectivity index (χ2v) is 15.6. The van der Waals surface area contributed by atoms with Crippen molar-refractivity contribution in [2.75, 3.05) is 57.9 Å². The normalized spacial score (nSPS) is 17.5. The highest BCUT2D eigenvalue weighted by Crippen LogP contribution is 2.45. The van der Waals surface area contributed by atoms with Gasteiger partial charge in [0.05, 0.1) is 59.3 Å². The molecule has 2 aromatic heterocycles. The standard InChI is InChI=1S/C40H45N5O9S/c1-48-29-12-8-25(9-13-29)24-44(55(46,47)39-35(50-3)19-28(20-36(39)51-4)26-14-17-52-18-15-26)40-30-21-34(49-2)31(22-33(30)54-43-40)41-37-23-32(27-10-11-27)45(42-37)38-7-5-6-16-53-38/h8-9,12-14,19-23,27,38H,5-7,10-11,15-18,24H2,1-4H3,(H,41,42). The molecule has 0 radical (unpaired) electrons. The van der Waals surface area contributed by atoms with Crippen LogP contribution in [0.5, 0.6) is 23.0 Å². The first-order valence-electron chi connectivity index (χ1n) is 18.5. The second-order valence-electron chi connectivity index (χ2n) is 13.8. The van der Waals surface area contributed by atoms with E-state index in [1.54, 1.807) is 62.8 Å². The largest absolute Gasteiger partial charge is 0.497 e. The Morgan fingerprint density at radius 3 is 2.29 bits per heavy atom. The minimum atomic E-state index is -4.45. The number of nitrogens with one attached hydrogen (secondary N) is 1. The van der Waals surface area contributed by atoms with Crippen LogP contribution in [0.1, 0.15) is 67.5 Å². The third kappa shape index (κ3) is 7.31. The van der Waals surface area contributed by atoms with Gasteiger partial charge in [0.15, 0.2) is 28.3 Å². The topological polar surface area (TPSA) is 149 Å². The van der Waals surface area contributed by atoms with E-state index >= 15 is 8.42 Å². The van der Waals surface area contributed by atoms with Gasteiger partial charge in [-0.25, -0.2) is 17.4 Å². The fourth-order valence-corrected chi connectivity index (χ4v) is 8.92. The number of hydrogen-bond donors (Lipinski definition) is 1. The van der Waals surface area contributed by atoms with Crippen LogP contribution in [0, 0.1) is 0 Å². The Balaban J connectivity index is 1.20. The van der Waals surface area contributed by atoms with Crippen LogP contribution in [0.25, 0.3) is 16.5 Å². The molecule has 0 bridgehead atoms. The maximum absolute atomic E-state index is 15.1. The summed E-state index contributed by atoms with van der Waals surface area (Å²) in [6.45, 7) is 1.65. The Labute approximate surface area is 319 Å². The summed E-state index contributed by atoms with van der Waals surface area (Å²) in [6.07, 6.45) is 7.87. The molecule has 0 amide bonds. The fraction of sp³-hybridized carbons (Fsp3) is 0.400. The molecule has 290 valence electrons. The van der Waals surface area contributed by atoms with E-state index < -0.39 is 10.0 Å². The van der Waals surface area contributed by atoms with Crippen molar-refractivity contribution < 1.29 is 41.4 Å². The lowest BCUT2D eigenvalue weighted by Gasteiger charge is -2.25. The number of fused-ring (bicyclic) bond motifs is 1. The van der Waals surface area contributed by atoms with Crippen LogP contribution in [-0.2, 0) is 26.0 Å². The van der Waals surface area contributed by atoms with Crippen molar-refractivity contribution in [1.82, 2.24) is 14.9 Å². The summed E-state index contributed by atoms with van der Waals surface area (Å²) in [4.78, 5) is -0.146. The smallest absolute Gasteiger partial charge is 0.273 e. The summed E-state index contributed by atoms with van der Waals surface area (Å²) in [5, 5.41) is 13.1. The molecule has 8 rings (SSSR count). The molecule has 3 aromatic carbocycles. The lowest BCUT2D eigenvalue weighted by Crippen LogP contribution is -2.31. The zero-order valence-corrected chi connectivity index (χ0v) is 32.2. The molecule has 14 nitrogen and oxygen atoms in total. The van der Waals surface area contributed by atoms with Gasteiger partial charge in [0, 0.05) is 30.4 Å². The first-order chi connectivity index (χ1) is 26.8. The fourth-order valence-electron chi connectivity index (χ4n) is 7.23. The van der Waals surface area contributed by atoms with Crippen LogP contribution in [-0.4, -0.2) is 71.6 Å². The minimum absolute atomic E-state index is 0.0609. The predicted molar refractivity (Wildman–Crippen MR) is 206 cm³/mol. The average molecular weight is 772 g/mol. The number of ether oxygens (including phenoxy) is 6. The van der Waals surface area contributed by atoms with E-state index in [0.717, 1.165) is 55.5 Å². The van der Waals surface area contributed by atoms with Gasteiger partial charge in [-0.3, -0.25) is 0 Å². The van der Waals surface area contributed by atoms with Gasteiger partial charge >= 0.3 is 0 Å². The first-order valence-corrected chi connectivity index (χ1v) is 19.9. The molecule has 4 heterocycles. The van der Waals surface area contributed by atoms with Crippen LogP contribution in [0.2, 0.25) is 0 Å². The Morgan fingerprint density at radius 2 is 1.65 bits per heavy atom. The van der Waals surface area contributed by atoms with Gasteiger partial charge in [0.25, 0.3) is 10.0 Å². The molecule has 1 unspecified atom stereocenters. The number of methoxy groups -OCH3 is 4. The molecule has 55 heavy (non-hydrogen) atoms. The van der Waals surface area contributed by atoms with Gasteiger partial charge in [0.2, 0.25) is 0 Å². The third-order valence-electron chi connectivity index (χ3n) is 10.3. The number of sulfonamides is 1. The molecule has 1 aliphatic carbocycles. The van der Waals surface area contributed by atoms with Gasteiger partial charge < -0.3 is 38.3 Å². The Kier molecular flexibility index (Phi) is 10.3. The van der Waals surface area contributed by atoms with Crippen molar-refractivity contribution in [2.24, 2.45) is 0 Å². The molecule has 1 atom stereocenters. The molecule has 5 aromatic rings. The van der Waals surface area contributed by atoms with E-state index in [2.05, 4.69) is 16.5 Å². The quantitative estimate of drug-likeness (QED) is 0.119. The van der Waals surface area contributed by atoms with Crippen molar-refractivity contribution in [3.05, 3.63) is 77.5 Å². The second kappa shape index (κ2) is 15.5. The predicted octanol–water partition coefficient (Wildman–Crippen LogP) is 7.58. The molecule has 15 heteroatoms. The van der Waals surface area contributed by atoms with Crippen LogP contribution in [0.3, 0.4) is 0 Å². The van der Waals surface area contributed by atoms with Crippen molar-refractivity contribution in [1.29, 1.82) is 0 Å². The first kappa shape index (κ1) is 36.7. The lowest BCUT2D eigenvalue weighted by molar-refractivity contribution is -0.0409. The highest BCUT2D eigenvalue weighted by atomic mass is 32.2. The third-order valence-corrected chi connectivity index (χ3v) is 12.1. The highest BCUT2D eigenvalue weighted by molar-refractivity contribution is 7.93. The van der Waals surface area contributed by atoms with E-state index in [1.807, 2.05) is 10.8 Å². The van der Waals surface area contributed by atoms with Gasteiger partial charge in [-0.2, -0.15) is 5.10 Å². The maximum atomic E-state index is 15.1. The molecular weight excluding hydrogens is 727 g/mol. The molecule has 1 N–H and O–H groups in total. The van der Waals surface area contributed by atoms with E-state index in [0.29, 0.717) is 65.1 Å². The monoisotopic (exact) mass is 771 g/mol. The van der Waals surface area contributed by atoms with E-state index in [1.165, 1.54) is 18.5 Å². The minimum Gasteiger partial charge on any atom is -0.497 e. The van der Waals surface area contributed by atoms with E-state index in [-0.39, 0.29) is 35.0 Å². The molecule has 0 spiro atoms. The van der Waals surface area contributed by atoms with E-state index in [4.69, 9.17) is 38.0 Å². The van der Waals surface area contributed by atoms with Crippen LogP contribution in [0.4, 0.5) is 17.3 Å². The molecular formula is C40H45N5O9S. The van der Waals surface area contributed by atoms with Crippen LogP contribution >= 0.6 is 0 Å². The number of aromatic nitrogens is 3. The zero-order valence-electron chi connectivity index (χ0n) is 31.4. The SMILES string of the molecule is COc1ccc(CN(c2noc3cc(Nc4cc(C5CC5)n(C5CCCCO5)n4)c(OC)cc23)S(=O)(=O)c2c(OC)cc(C3=CCOCC3)cc2OC)cc1. The summed E-state index contributed by atoms with van der Waals surface area (Å²) in [5.41, 5.74) is 4.55. The number of nitrogens with zero attached hydrogens (tertiary/aromatic N) is 4. The number of hydrogen-bond acceptors (Lipinski definition) is 12. The molecule has 2 aliphatic heterocycles. The lowest BCUT2D eigenvalue weighted by atomic mass is 10.0. The summed E-state index contributed by atoms with van der Waals surface area (Å²) in [5.74, 6) is 2.50. The Bertz CT molecular complexity index is 2280. The molecule has 1 saturated carbocycles. The Hall–Kier alpha value is -5.25. The number of anilines is 3. The molecule has 1 saturated heterocycles. The number of rotatable bonds is 14. The maximum Gasteiger partial charge on any atom is 0.273 e. The van der Waals surface area contributed by atoms with Crippen LogP contribution < -0.4 is 28.6 Å². The molecule has 3 aliphatic rings.